The lowest BCUT2D eigenvalue weighted by Gasteiger charge is -2.29. The molecule has 2 aliphatic rings. The lowest BCUT2D eigenvalue weighted by Crippen LogP contribution is -2.44. The Hall–Kier alpha value is -2.50. The summed E-state index contributed by atoms with van der Waals surface area (Å²) in [6.45, 7) is 6.00. The number of aryl methyl sites for hydroxylation is 1. The summed E-state index contributed by atoms with van der Waals surface area (Å²) in [4.78, 5) is 20.1. The summed E-state index contributed by atoms with van der Waals surface area (Å²) in [6.07, 6.45) is 5.16. The number of fused-ring (bicyclic) bond motifs is 1. The van der Waals surface area contributed by atoms with Crippen molar-refractivity contribution in [3.8, 4) is 0 Å². The number of carbonyl (C=O) groups excluding carboxylic acids is 1. The number of Topliss-reactive ketones (excluding diaryl/α,β-unsaturated/α-hetero) is 1. The van der Waals surface area contributed by atoms with Gasteiger partial charge < -0.3 is 9.88 Å². The molecule has 1 N–H and O–H groups in total. The highest BCUT2D eigenvalue weighted by Crippen LogP contribution is 2.26. The molecule has 0 amide bonds. The fraction of sp³-hybridized carbons (Fsp3) is 0.417. The van der Waals surface area contributed by atoms with E-state index in [1.807, 2.05) is 18.5 Å². The van der Waals surface area contributed by atoms with E-state index in [2.05, 4.69) is 57.0 Å². The van der Waals surface area contributed by atoms with Crippen LogP contribution in [0, 0.1) is 6.92 Å². The maximum absolute atomic E-state index is 13.2. The van der Waals surface area contributed by atoms with E-state index < -0.39 is 0 Å². The summed E-state index contributed by atoms with van der Waals surface area (Å²) < 4.78 is 2.17. The SMILES string of the molecule is Cc1ccc2ncn(Cc3ccc(C(=O)C4CCCN4C4CCNC4)cc3)c2c1. The molecule has 5 nitrogen and oxygen atoms in total. The number of benzene rings is 2. The number of likely N-dealkylation sites (tertiary alicyclic amines) is 1. The highest BCUT2D eigenvalue weighted by Gasteiger charge is 2.36. The molecule has 2 saturated heterocycles. The minimum absolute atomic E-state index is 0.0475. The fourth-order valence-electron chi connectivity index (χ4n) is 4.89. The number of aromatic nitrogens is 2. The predicted octanol–water partition coefficient (Wildman–Crippen LogP) is 3.40. The number of ketones is 1. The number of rotatable bonds is 5. The monoisotopic (exact) mass is 388 g/mol. The van der Waals surface area contributed by atoms with E-state index in [1.54, 1.807) is 0 Å². The molecule has 2 aliphatic heterocycles. The molecule has 1 aromatic heterocycles. The lowest BCUT2D eigenvalue weighted by molar-refractivity contribution is 0.0826. The minimum Gasteiger partial charge on any atom is -0.326 e. The number of hydrogen-bond acceptors (Lipinski definition) is 4. The van der Waals surface area contributed by atoms with Crippen LogP contribution in [0.4, 0.5) is 0 Å². The van der Waals surface area contributed by atoms with Crippen LogP contribution in [0.1, 0.15) is 40.7 Å². The van der Waals surface area contributed by atoms with E-state index in [4.69, 9.17) is 0 Å². The molecule has 2 aromatic carbocycles. The summed E-state index contributed by atoms with van der Waals surface area (Å²) in [6, 6.07) is 15.1. The Morgan fingerprint density at radius 3 is 2.83 bits per heavy atom. The molecule has 0 aliphatic carbocycles. The van der Waals surface area contributed by atoms with Crippen LogP contribution >= 0.6 is 0 Å². The zero-order chi connectivity index (χ0) is 19.8. The number of nitrogens with zero attached hydrogens (tertiary/aromatic N) is 3. The number of nitrogens with one attached hydrogen (secondary N) is 1. The van der Waals surface area contributed by atoms with Crippen LogP contribution in [-0.4, -0.2) is 52.0 Å². The van der Waals surface area contributed by atoms with Crippen molar-refractivity contribution in [1.82, 2.24) is 19.8 Å². The number of carbonyl (C=O) groups is 1. The first-order chi connectivity index (χ1) is 14.2. The quantitative estimate of drug-likeness (QED) is 0.681. The molecular formula is C24H28N4O. The summed E-state index contributed by atoms with van der Waals surface area (Å²) in [5.74, 6) is 0.282. The Bertz CT molecular complexity index is 1020. The van der Waals surface area contributed by atoms with Crippen molar-refractivity contribution in [2.45, 2.75) is 44.8 Å². The van der Waals surface area contributed by atoms with Gasteiger partial charge in [0, 0.05) is 24.7 Å². The number of imidazole rings is 1. The van der Waals surface area contributed by atoms with E-state index in [-0.39, 0.29) is 11.8 Å². The molecule has 5 rings (SSSR count). The van der Waals surface area contributed by atoms with Gasteiger partial charge in [-0.3, -0.25) is 9.69 Å². The molecule has 29 heavy (non-hydrogen) atoms. The smallest absolute Gasteiger partial charge is 0.179 e. The van der Waals surface area contributed by atoms with Crippen LogP contribution in [0.2, 0.25) is 0 Å². The molecule has 0 spiro atoms. The molecular weight excluding hydrogens is 360 g/mol. The first kappa shape index (κ1) is 18.5. The van der Waals surface area contributed by atoms with Crippen LogP contribution in [0.25, 0.3) is 11.0 Å². The molecule has 3 aromatic rings. The van der Waals surface area contributed by atoms with Gasteiger partial charge in [0.15, 0.2) is 5.78 Å². The lowest BCUT2D eigenvalue weighted by atomic mass is 10.00. The average Bonchev–Trinajstić information content (AvgIpc) is 3.49. The number of hydrogen-bond donors (Lipinski definition) is 1. The molecule has 3 heterocycles. The first-order valence-corrected chi connectivity index (χ1v) is 10.7. The summed E-state index contributed by atoms with van der Waals surface area (Å²) >= 11 is 0. The van der Waals surface area contributed by atoms with Gasteiger partial charge >= 0.3 is 0 Å². The van der Waals surface area contributed by atoms with Gasteiger partial charge in [0.2, 0.25) is 0 Å². The molecule has 0 saturated carbocycles. The third kappa shape index (κ3) is 3.61. The van der Waals surface area contributed by atoms with E-state index in [0.717, 1.165) is 62.0 Å². The first-order valence-electron chi connectivity index (χ1n) is 10.7. The Morgan fingerprint density at radius 2 is 2.03 bits per heavy atom. The second-order valence-electron chi connectivity index (χ2n) is 8.47. The Balaban J connectivity index is 1.32. The van der Waals surface area contributed by atoms with Crippen molar-refractivity contribution < 1.29 is 4.79 Å². The molecule has 2 atom stereocenters. The molecule has 2 unspecified atom stereocenters. The van der Waals surface area contributed by atoms with Gasteiger partial charge in [0.05, 0.1) is 23.4 Å². The molecule has 5 heteroatoms. The third-order valence-electron chi connectivity index (χ3n) is 6.47. The zero-order valence-corrected chi connectivity index (χ0v) is 17.0. The fourth-order valence-corrected chi connectivity index (χ4v) is 4.89. The Labute approximate surface area is 171 Å². The van der Waals surface area contributed by atoms with Crippen molar-refractivity contribution in [2.24, 2.45) is 0 Å². The van der Waals surface area contributed by atoms with Crippen LogP contribution < -0.4 is 5.32 Å². The van der Waals surface area contributed by atoms with Crippen LogP contribution in [0.3, 0.4) is 0 Å². The summed E-state index contributed by atoms with van der Waals surface area (Å²) in [5, 5.41) is 3.43. The van der Waals surface area contributed by atoms with E-state index >= 15 is 0 Å². The maximum atomic E-state index is 13.2. The standard InChI is InChI=1S/C24H28N4O/c1-17-4-9-21-23(13-17)27(16-26-21)15-18-5-7-19(8-6-18)24(29)22-3-2-12-28(22)20-10-11-25-14-20/h4-9,13,16,20,22,25H,2-3,10-12,14-15H2,1H3. The van der Waals surface area contributed by atoms with Crippen molar-refractivity contribution >= 4 is 16.8 Å². The van der Waals surface area contributed by atoms with Gasteiger partial charge in [-0.05, 0) is 62.5 Å². The van der Waals surface area contributed by atoms with E-state index in [9.17, 15) is 4.79 Å². The van der Waals surface area contributed by atoms with Crippen LogP contribution in [0.15, 0.2) is 48.8 Å². The normalized spacial score (nSPS) is 22.5. The van der Waals surface area contributed by atoms with Gasteiger partial charge in [-0.15, -0.1) is 0 Å². The third-order valence-corrected chi connectivity index (χ3v) is 6.47. The highest BCUT2D eigenvalue weighted by molar-refractivity contribution is 6.00. The van der Waals surface area contributed by atoms with Crippen molar-refractivity contribution in [3.63, 3.8) is 0 Å². The van der Waals surface area contributed by atoms with E-state index in [1.165, 1.54) is 11.1 Å². The molecule has 2 fully saturated rings. The highest BCUT2D eigenvalue weighted by atomic mass is 16.1. The van der Waals surface area contributed by atoms with Crippen molar-refractivity contribution in [1.29, 1.82) is 0 Å². The summed E-state index contributed by atoms with van der Waals surface area (Å²) in [5.41, 5.74) is 5.43. The van der Waals surface area contributed by atoms with Crippen molar-refractivity contribution in [2.75, 3.05) is 19.6 Å². The topological polar surface area (TPSA) is 50.2 Å². The van der Waals surface area contributed by atoms with Crippen LogP contribution in [0.5, 0.6) is 0 Å². The zero-order valence-electron chi connectivity index (χ0n) is 17.0. The summed E-state index contributed by atoms with van der Waals surface area (Å²) in [7, 11) is 0. The second kappa shape index (κ2) is 7.73. The van der Waals surface area contributed by atoms with Gasteiger partial charge in [-0.2, -0.15) is 0 Å². The van der Waals surface area contributed by atoms with Crippen LogP contribution in [-0.2, 0) is 6.54 Å². The maximum Gasteiger partial charge on any atom is 0.179 e. The molecule has 0 radical (unpaired) electrons. The Kier molecular flexibility index (Phi) is 4.94. The largest absolute Gasteiger partial charge is 0.326 e. The average molecular weight is 389 g/mol. The van der Waals surface area contributed by atoms with Crippen molar-refractivity contribution in [3.05, 3.63) is 65.5 Å². The van der Waals surface area contributed by atoms with Gasteiger partial charge in [0.25, 0.3) is 0 Å². The molecule has 150 valence electrons. The molecule has 0 bridgehead atoms. The van der Waals surface area contributed by atoms with Gasteiger partial charge in [-0.1, -0.05) is 30.3 Å². The minimum atomic E-state index is 0.0475. The van der Waals surface area contributed by atoms with Gasteiger partial charge in [0.1, 0.15) is 0 Å². The van der Waals surface area contributed by atoms with Gasteiger partial charge in [-0.25, -0.2) is 4.98 Å². The second-order valence-corrected chi connectivity index (χ2v) is 8.47. The Morgan fingerprint density at radius 1 is 1.17 bits per heavy atom. The van der Waals surface area contributed by atoms with E-state index in [0.29, 0.717) is 6.04 Å². The predicted molar refractivity (Wildman–Crippen MR) is 115 cm³/mol.